The van der Waals surface area contributed by atoms with Crippen LogP contribution in [0, 0.1) is 0 Å². The highest BCUT2D eigenvalue weighted by Gasteiger charge is 2.55. The van der Waals surface area contributed by atoms with Gasteiger partial charge in [-0.05, 0) is 23.3 Å². The van der Waals surface area contributed by atoms with Gasteiger partial charge in [-0.2, -0.15) is 0 Å². The molecular formula is C21H17Cl2NO5. The number of halogens is 2. The molecule has 0 bridgehead atoms. The van der Waals surface area contributed by atoms with Crippen molar-refractivity contribution in [2.24, 2.45) is 0 Å². The van der Waals surface area contributed by atoms with Crippen molar-refractivity contribution in [2.75, 3.05) is 14.2 Å². The molecule has 1 aliphatic rings. The van der Waals surface area contributed by atoms with E-state index in [2.05, 4.69) is 10.1 Å². The second-order valence-corrected chi connectivity index (χ2v) is 7.15. The van der Waals surface area contributed by atoms with Gasteiger partial charge in [0, 0.05) is 11.8 Å². The lowest BCUT2D eigenvalue weighted by Crippen LogP contribution is -2.49. The van der Waals surface area contributed by atoms with E-state index in [9.17, 15) is 14.4 Å². The van der Waals surface area contributed by atoms with Gasteiger partial charge in [-0.25, -0.2) is 9.59 Å². The highest BCUT2D eigenvalue weighted by Crippen LogP contribution is 2.47. The number of hydrogen-bond donors (Lipinski definition) is 1. The molecule has 0 saturated heterocycles. The summed E-state index contributed by atoms with van der Waals surface area (Å²) in [5, 5.41) is 3.55. The van der Waals surface area contributed by atoms with Crippen molar-refractivity contribution >= 4 is 40.9 Å². The van der Waals surface area contributed by atoms with E-state index >= 15 is 0 Å². The average Bonchev–Trinajstić information content (AvgIpc) is 3.16. The molecular weight excluding hydrogens is 417 g/mol. The molecule has 2 aromatic rings. The summed E-state index contributed by atoms with van der Waals surface area (Å²) in [5.41, 5.74) is -0.398. The maximum atomic E-state index is 13.1. The van der Waals surface area contributed by atoms with Crippen LogP contribution in [0.5, 0.6) is 0 Å². The molecule has 150 valence electrons. The van der Waals surface area contributed by atoms with Crippen molar-refractivity contribution in [2.45, 2.75) is 11.5 Å². The molecule has 29 heavy (non-hydrogen) atoms. The van der Waals surface area contributed by atoms with E-state index in [1.54, 1.807) is 48.5 Å². The summed E-state index contributed by atoms with van der Waals surface area (Å²) in [6.45, 7) is 0. The molecule has 1 heterocycles. The molecule has 0 aliphatic carbocycles. The predicted molar refractivity (Wildman–Crippen MR) is 108 cm³/mol. The first kappa shape index (κ1) is 20.9. The number of benzene rings is 2. The molecule has 2 atom stereocenters. The molecule has 0 aromatic heterocycles. The number of carbonyl (C=O) groups excluding carboxylic acids is 3. The smallest absolute Gasteiger partial charge is 0.379 e. The summed E-state index contributed by atoms with van der Waals surface area (Å²) in [6, 6.07) is 13.5. The summed E-state index contributed by atoms with van der Waals surface area (Å²) < 4.78 is 9.68. The minimum atomic E-state index is -1.49. The van der Waals surface area contributed by atoms with Crippen molar-refractivity contribution < 1.29 is 23.9 Å². The third-order valence-electron chi connectivity index (χ3n) is 4.85. The number of carbonyl (C=O) groups is 3. The SMILES string of the molecule is COC(=O)C(=O)C1=CN[C@@](C(=O)OC)(c2ccccc2)[C@H]1c1ccc(Cl)c(Cl)c1. The number of ether oxygens (including phenoxy) is 2. The Balaban J connectivity index is 2.27. The molecule has 0 unspecified atom stereocenters. The largest absolute Gasteiger partial charge is 0.467 e. The first-order valence-corrected chi connectivity index (χ1v) is 9.31. The Kier molecular flexibility index (Phi) is 5.96. The summed E-state index contributed by atoms with van der Waals surface area (Å²) in [5.74, 6) is -3.47. The fraction of sp³-hybridized carbons (Fsp3) is 0.190. The molecule has 0 radical (unpaired) electrons. The van der Waals surface area contributed by atoms with Crippen molar-refractivity contribution in [3.8, 4) is 0 Å². The van der Waals surface area contributed by atoms with Crippen LogP contribution in [0.4, 0.5) is 0 Å². The first-order valence-electron chi connectivity index (χ1n) is 8.56. The van der Waals surface area contributed by atoms with Gasteiger partial charge in [0.15, 0.2) is 5.54 Å². The number of esters is 2. The van der Waals surface area contributed by atoms with Crippen molar-refractivity contribution in [3.63, 3.8) is 0 Å². The van der Waals surface area contributed by atoms with Crippen molar-refractivity contribution in [3.05, 3.63) is 81.5 Å². The minimum Gasteiger partial charge on any atom is -0.467 e. The van der Waals surface area contributed by atoms with Crippen LogP contribution in [0.3, 0.4) is 0 Å². The van der Waals surface area contributed by atoms with E-state index in [0.717, 1.165) is 7.11 Å². The zero-order valence-corrected chi connectivity index (χ0v) is 17.1. The second kappa shape index (κ2) is 8.27. The maximum Gasteiger partial charge on any atom is 0.379 e. The molecule has 1 aliphatic heterocycles. The monoisotopic (exact) mass is 433 g/mol. The zero-order chi connectivity index (χ0) is 21.2. The molecule has 6 nitrogen and oxygen atoms in total. The summed E-state index contributed by atoms with van der Waals surface area (Å²) >= 11 is 12.2. The Bertz CT molecular complexity index is 1010. The molecule has 0 saturated carbocycles. The third-order valence-corrected chi connectivity index (χ3v) is 5.58. The standard InChI is InChI=1S/C21H17Cl2NO5/c1-28-19(26)18(25)14-11-24-21(20(27)29-2,13-6-4-3-5-7-13)17(14)12-8-9-15(22)16(23)10-12/h3-11,17,24H,1-2H3/t17-,21-/m0/s1. The molecule has 2 aromatic carbocycles. The van der Waals surface area contributed by atoms with Crippen LogP contribution < -0.4 is 5.32 Å². The van der Waals surface area contributed by atoms with E-state index in [1.165, 1.54) is 13.3 Å². The lowest BCUT2D eigenvalue weighted by Gasteiger charge is -2.35. The van der Waals surface area contributed by atoms with Gasteiger partial charge < -0.3 is 14.8 Å². The second-order valence-electron chi connectivity index (χ2n) is 6.34. The van der Waals surface area contributed by atoms with Crippen LogP contribution >= 0.6 is 23.2 Å². The number of Topliss-reactive ketones (excluding diaryl/α,β-unsaturated/α-hetero) is 1. The van der Waals surface area contributed by atoms with E-state index in [-0.39, 0.29) is 10.6 Å². The van der Waals surface area contributed by atoms with Gasteiger partial charge in [0.2, 0.25) is 0 Å². The molecule has 0 amide bonds. The predicted octanol–water partition coefficient (Wildman–Crippen LogP) is 3.37. The van der Waals surface area contributed by atoms with Crippen LogP contribution in [0.1, 0.15) is 17.0 Å². The molecule has 0 spiro atoms. The molecule has 3 rings (SSSR count). The van der Waals surface area contributed by atoms with Crippen LogP contribution in [0.2, 0.25) is 10.0 Å². The van der Waals surface area contributed by atoms with E-state index in [0.29, 0.717) is 16.1 Å². The van der Waals surface area contributed by atoms with Crippen molar-refractivity contribution in [1.29, 1.82) is 0 Å². The normalized spacial score (nSPS) is 20.4. The Morgan fingerprint density at radius 3 is 2.24 bits per heavy atom. The highest BCUT2D eigenvalue weighted by atomic mass is 35.5. The van der Waals surface area contributed by atoms with Gasteiger partial charge in [-0.1, -0.05) is 59.6 Å². The summed E-state index contributed by atoms with van der Waals surface area (Å²) in [4.78, 5) is 37.8. The third kappa shape index (κ3) is 3.50. The van der Waals surface area contributed by atoms with Crippen LogP contribution in [-0.2, 0) is 29.4 Å². The van der Waals surface area contributed by atoms with Gasteiger partial charge in [0.25, 0.3) is 5.78 Å². The van der Waals surface area contributed by atoms with Gasteiger partial charge in [-0.3, -0.25) is 4.79 Å². The molecule has 1 N–H and O–H groups in total. The van der Waals surface area contributed by atoms with Gasteiger partial charge >= 0.3 is 11.9 Å². The number of rotatable bonds is 5. The Hall–Kier alpha value is -2.83. The fourth-order valence-corrected chi connectivity index (χ4v) is 3.83. The van der Waals surface area contributed by atoms with Crippen LogP contribution in [0.15, 0.2) is 60.3 Å². The minimum absolute atomic E-state index is 0.0458. The molecule has 0 fully saturated rings. The number of ketones is 1. The maximum absolute atomic E-state index is 13.1. The highest BCUT2D eigenvalue weighted by molar-refractivity contribution is 6.42. The number of methoxy groups -OCH3 is 2. The lowest BCUT2D eigenvalue weighted by molar-refractivity contribution is -0.151. The van der Waals surface area contributed by atoms with Gasteiger partial charge in [0.05, 0.1) is 30.2 Å². The number of nitrogens with one attached hydrogen (secondary N) is 1. The van der Waals surface area contributed by atoms with Crippen LogP contribution in [-0.4, -0.2) is 31.9 Å². The fourth-order valence-electron chi connectivity index (χ4n) is 3.53. The lowest BCUT2D eigenvalue weighted by atomic mass is 9.72. The number of hydrogen-bond acceptors (Lipinski definition) is 6. The van der Waals surface area contributed by atoms with Gasteiger partial charge in [0.1, 0.15) is 0 Å². The average molecular weight is 434 g/mol. The zero-order valence-electron chi connectivity index (χ0n) is 15.6. The van der Waals surface area contributed by atoms with E-state index in [4.69, 9.17) is 27.9 Å². The quantitative estimate of drug-likeness (QED) is 0.574. The van der Waals surface area contributed by atoms with E-state index < -0.39 is 29.2 Å². The van der Waals surface area contributed by atoms with E-state index in [1.807, 2.05) is 0 Å². The Morgan fingerprint density at radius 1 is 0.966 bits per heavy atom. The van der Waals surface area contributed by atoms with Gasteiger partial charge in [-0.15, -0.1) is 0 Å². The molecule has 8 heteroatoms. The topological polar surface area (TPSA) is 81.7 Å². The Labute approximate surface area is 177 Å². The Morgan fingerprint density at radius 2 is 1.66 bits per heavy atom. The summed E-state index contributed by atoms with van der Waals surface area (Å²) in [6.07, 6.45) is 1.34. The van der Waals surface area contributed by atoms with Crippen molar-refractivity contribution in [1.82, 2.24) is 5.32 Å². The first-order chi connectivity index (χ1) is 13.9. The van der Waals surface area contributed by atoms with Crippen LogP contribution in [0.25, 0.3) is 0 Å². The summed E-state index contributed by atoms with van der Waals surface area (Å²) in [7, 11) is 2.36.